The van der Waals surface area contributed by atoms with Crippen molar-refractivity contribution in [1.82, 2.24) is 0 Å². The summed E-state index contributed by atoms with van der Waals surface area (Å²) in [6.07, 6.45) is 0. The summed E-state index contributed by atoms with van der Waals surface area (Å²) in [6.45, 7) is 4.60. The fraction of sp³-hybridized carbons (Fsp3) is 0.235. The van der Waals surface area contributed by atoms with Crippen LogP contribution in [0.5, 0.6) is 11.5 Å². The maximum atomic E-state index is 5.88. The van der Waals surface area contributed by atoms with Gasteiger partial charge < -0.3 is 15.2 Å². The van der Waals surface area contributed by atoms with Gasteiger partial charge in [0.15, 0.2) is 0 Å². The van der Waals surface area contributed by atoms with E-state index in [4.69, 9.17) is 27.4 Å². The fourth-order valence-electron chi connectivity index (χ4n) is 2.07. The standard InChI is InChI=1S/C17H19NO2S/c1-11-5-4-6-15(12(11)2)20-10-13-7-8-14(17(18)21)16(9-13)19-3/h4-9H,10H2,1-3H3,(H2,18,21). The molecule has 0 aliphatic rings. The average molecular weight is 301 g/mol. The van der Waals surface area contributed by atoms with Gasteiger partial charge in [-0.2, -0.15) is 0 Å². The Kier molecular flexibility index (Phi) is 4.81. The lowest BCUT2D eigenvalue weighted by molar-refractivity contribution is 0.303. The molecule has 0 radical (unpaired) electrons. The quantitative estimate of drug-likeness (QED) is 0.858. The molecule has 110 valence electrons. The maximum absolute atomic E-state index is 5.88. The maximum Gasteiger partial charge on any atom is 0.129 e. The Labute approximate surface area is 130 Å². The van der Waals surface area contributed by atoms with Gasteiger partial charge in [-0.3, -0.25) is 0 Å². The van der Waals surface area contributed by atoms with E-state index in [0.717, 1.165) is 22.4 Å². The van der Waals surface area contributed by atoms with Crippen molar-refractivity contribution < 1.29 is 9.47 Å². The first-order chi connectivity index (χ1) is 10.0. The monoisotopic (exact) mass is 301 g/mol. The van der Waals surface area contributed by atoms with Crippen LogP contribution in [-0.2, 0) is 6.61 Å². The highest BCUT2D eigenvalue weighted by Gasteiger charge is 2.08. The van der Waals surface area contributed by atoms with Crippen LogP contribution in [0.25, 0.3) is 0 Å². The molecule has 0 aliphatic carbocycles. The number of aryl methyl sites for hydroxylation is 1. The van der Waals surface area contributed by atoms with E-state index >= 15 is 0 Å². The molecule has 0 amide bonds. The second kappa shape index (κ2) is 6.59. The van der Waals surface area contributed by atoms with Crippen LogP contribution in [-0.4, -0.2) is 12.1 Å². The van der Waals surface area contributed by atoms with Crippen molar-refractivity contribution in [2.75, 3.05) is 7.11 Å². The first-order valence-electron chi connectivity index (χ1n) is 6.68. The summed E-state index contributed by atoms with van der Waals surface area (Å²) in [7, 11) is 1.60. The Morgan fingerprint density at radius 1 is 1.14 bits per heavy atom. The third kappa shape index (κ3) is 3.52. The van der Waals surface area contributed by atoms with Gasteiger partial charge in [-0.25, -0.2) is 0 Å². The van der Waals surface area contributed by atoms with E-state index < -0.39 is 0 Å². The van der Waals surface area contributed by atoms with E-state index in [1.165, 1.54) is 5.56 Å². The normalized spacial score (nSPS) is 10.2. The van der Waals surface area contributed by atoms with Gasteiger partial charge in [0.05, 0.1) is 12.7 Å². The second-order valence-corrected chi connectivity index (χ2v) is 5.33. The van der Waals surface area contributed by atoms with Crippen LogP contribution in [0.1, 0.15) is 22.3 Å². The Morgan fingerprint density at radius 3 is 2.57 bits per heavy atom. The van der Waals surface area contributed by atoms with Gasteiger partial charge >= 0.3 is 0 Å². The topological polar surface area (TPSA) is 44.5 Å². The number of ether oxygens (including phenoxy) is 2. The lowest BCUT2D eigenvalue weighted by Gasteiger charge is -2.13. The van der Waals surface area contributed by atoms with Crippen molar-refractivity contribution in [3.05, 3.63) is 58.7 Å². The zero-order chi connectivity index (χ0) is 15.4. The van der Waals surface area contributed by atoms with Gasteiger partial charge in [0.1, 0.15) is 23.1 Å². The Bertz CT molecular complexity index is 668. The predicted octanol–water partition coefficient (Wildman–Crippen LogP) is 3.53. The first-order valence-corrected chi connectivity index (χ1v) is 7.09. The van der Waals surface area contributed by atoms with Crippen molar-refractivity contribution in [2.24, 2.45) is 5.73 Å². The highest BCUT2D eigenvalue weighted by Crippen LogP contribution is 2.24. The van der Waals surface area contributed by atoms with E-state index in [1.807, 2.05) is 30.3 Å². The molecule has 0 atom stereocenters. The molecule has 0 spiro atoms. The van der Waals surface area contributed by atoms with E-state index in [1.54, 1.807) is 7.11 Å². The molecule has 0 saturated carbocycles. The zero-order valence-electron chi connectivity index (χ0n) is 12.5. The van der Waals surface area contributed by atoms with Crippen LogP contribution < -0.4 is 15.2 Å². The summed E-state index contributed by atoms with van der Waals surface area (Å²) in [5, 5.41) is 0. The lowest BCUT2D eigenvalue weighted by atomic mass is 10.1. The van der Waals surface area contributed by atoms with E-state index in [0.29, 0.717) is 17.3 Å². The smallest absolute Gasteiger partial charge is 0.129 e. The highest BCUT2D eigenvalue weighted by atomic mass is 32.1. The number of nitrogens with two attached hydrogens (primary N) is 1. The summed E-state index contributed by atoms with van der Waals surface area (Å²) in [4.78, 5) is 0.328. The minimum absolute atomic E-state index is 0.328. The van der Waals surface area contributed by atoms with Crippen molar-refractivity contribution in [1.29, 1.82) is 0 Å². The zero-order valence-corrected chi connectivity index (χ0v) is 13.3. The summed E-state index contributed by atoms with van der Waals surface area (Å²) >= 11 is 5.00. The van der Waals surface area contributed by atoms with Crippen LogP contribution in [0.2, 0.25) is 0 Å². The molecule has 0 fully saturated rings. The summed E-state index contributed by atoms with van der Waals surface area (Å²) < 4.78 is 11.2. The lowest BCUT2D eigenvalue weighted by Crippen LogP contribution is -2.11. The summed E-state index contributed by atoms with van der Waals surface area (Å²) in [5.41, 5.74) is 9.78. The molecule has 2 aromatic carbocycles. The molecule has 21 heavy (non-hydrogen) atoms. The molecule has 0 unspecified atom stereocenters. The SMILES string of the molecule is COc1cc(COc2cccc(C)c2C)ccc1C(N)=S. The minimum atomic E-state index is 0.328. The Balaban J connectivity index is 2.17. The van der Waals surface area contributed by atoms with Crippen molar-refractivity contribution >= 4 is 17.2 Å². The molecule has 0 heterocycles. The van der Waals surface area contributed by atoms with E-state index in [2.05, 4.69) is 19.9 Å². The van der Waals surface area contributed by atoms with Crippen LogP contribution in [0.3, 0.4) is 0 Å². The second-order valence-electron chi connectivity index (χ2n) is 4.89. The predicted molar refractivity (Wildman–Crippen MR) is 89.1 cm³/mol. The molecule has 0 aliphatic heterocycles. The molecule has 4 heteroatoms. The number of hydrogen-bond acceptors (Lipinski definition) is 3. The molecule has 2 N–H and O–H groups in total. The van der Waals surface area contributed by atoms with Crippen molar-refractivity contribution in [3.63, 3.8) is 0 Å². The largest absolute Gasteiger partial charge is 0.496 e. The minimum Gasteiger partial charge on any atom is -0.496 e. The molecule has 0 bridgehead atoms. The number of methoxy groups -OCH3 is 1. The molecular formula is C17H19NO2S. The van der Waals surface area contributed by atoms with Crippen LogP contribution >= 0.6 is 12.2 Å². The third-order valence-corrected chi connectivity index (χ3v) is 3.70. The molecule has 0 saturated heterocycles. The van der Waals surface area contributed by atoms with Gasteiger partial charge in [-0.05, 0) is 48.7 Å². The number of benzene rings is 2. The van der Waals surface area contributed by atoms with Gasteiger partial charge in [0.25, 0.3) is 0 Å². The average Bonchev–Trinajstić information content (AvgIpc) is 2.48. The number of hydrogen-bond donors (Lipinski definition) is 1. The van der Waals surface area contributed by atoms with E-state index in [-0.39, 0.29) is 0 Å². The molecular weight excluding hydrogens is 282 g/mol. The number of thiocarbonyl (C=S) groups is 1. The Morgan fingerprint density at radius 2 is 1.90 bits per heavy atom. The van der Waals surface area contributed by atoms with Gasteiger partial charge in [-0.15, -0.1) is 0 Å². The first kappa shape index (κ1) is 15.3. The van der Waals surface area contributed by atoms with Gasteiger partial charge in [0, 0.05) is 0 Å². The van der Waals surface area contributed by atoms with Crippen LogP contribution in [0.15, 0.2) is 36.4 Å². The molecule has 2 aromatic rings. The van der Waals surface area contributed by atoms with Crippen molar-refractivity contribution in [2.45, 2.75) is 20.5 Å². The third-order valence-electron chi connectivity index (χ3n) is 3.48. The van der Waals surface area contributed by atoms with E-state index in [9.17, 15) is 0 Å². The summed E-state index contributed by atoms with van der Waals surface area (Å²) in [6, 6.07) is 11.8. The van der Waals surface area contributed by atoms with Crippen LogP contribution in [0, 0.1) is 13.8 Å². The molecule has 3 nitrogen and oxygen atoms in total. The summed E-state index contributed by atoms with van der Waals surface area (Å²) in [5.74, 6) is 1.57. The fourth-order valence-corrected chi connectivity index (χ4v) is 2.24. The van der Waals surface area contributed by atoms with Crippen LogP contribution in [0.4, 0.5) is 0 Å². The molecule has 0 aromatic heterocycles. The highest BCUT2D eigenvalue weighted by molar-refractivity contribution is 7.80. The van der Waals surface area contributed by atoms with Gasteiger partial charge in [-0.1, -0.05) is 30.4 Å². The number of rotatable bonds is 5. The van der Waals surface area contributed by atoms with Gasteiger partial charge in [0.2, 0.25) is 0 Å². The van der Waals surface area contributed by atoms with Crippen molar-refractivity contribution in [3.8, 4) is 11.5 Å². The molecule has 2 rings (SSSR count). The Hall–Kier alpha value is -2.07.